The summed E-state index contributed by atoms with van der Waals surface area (Å²) in [6.45, 7) is 11.3. The SMILES string of the molecule is C[SiH](C)[Si](C(=O)c1ccccc1)C(C)(C)C. The van der Waals surface area contributed by atoms with Gasteiger partial charge in [0.05, 0.1) is 0 Å². The highest BCUT2D eigenvalue weighted by molar-refractivity contribution is 7.36. The minimum absolute atomic E-state index is 0.179. The number of hydrogen-bond donors (Lipinski definition) is 0. The molecule has 16 heavy (non-hydrogen) atoms. The van der Waals surface area contributed by atoms with Crippen LogP contribution in [-0.4, -0.2) is 22.0 Å². The van der Waals surface area contributed by atoms with E-state index in [0.717, 1.165) is 5.56 Å². The molecule has 0 N–H and O–H groups in total. The largest absolute Gasteiger partial charge is 0.301 e. The highest BCUT2D eigenvalue weighted by Gasteiger charge is 2.36. The number of benzene rings is 1. The molecule has 0 atom stereocenters. The van der Waals surface area contributed by atoms with Crippen LogP contribution in [0.5, 0.6) is 0 Å². The van der Waals surface area contributed by atoms with Gasteiger partial charge >= 0.3 is 0 Å². The molecule has 1 aromatic carbocycles. The van der Waals surface area contributed by atoms with E-state index in [1.54, 1.807) is 0 Å². The molecular weight excluding hydrogens is 228 g/mol. The van der Waals surface area contributed by atoms with E-state index in [0.29, 0.717) is 5.41 Å². The first-order valence-corrected chi connectivity index (χ1v) is 11.4. The fraction of sp³-hybridized carbons (Fsp3) is 0.462. The van der Waals surface area contributed by atoms with Gasteiger partial charge in [0.2, 0.25) is 0 Å². The Balaban J connectivity index is 3.02. The van der Waals surface area contributed by atoms with Crippen LogP contribution in [0.25, 0.3) is 0 Å². The second kappa shape index (κ2) is 5.10. The molecular formula is C13H21OSi2. The monoisotopic (exact) mass is 249 g/mol. The predicted octanol–water partition coefficient (Wildman–Crippen LogP) is 3.27. The lowest BCUT2D eigenvalue weighted by Crippen LogP contribution is -2.46. The molecule has 0 saturated heterocycles. The van der Waals surface area contributed by atoms with Crippen molar-refractivity contribution >= 4 is 22.0 Å². The Hall–Kier alpha value is -0.676. The molecule has 1 rings (SSSR count). The Labute approximate surface area is 102 Å². The third kappa shape index (κ3) is 3.16. The summed E-state index contributed by atoms with van der Waals surface area (Å²) in [5.41, 5.74) is 0.910. The minimum atomic E-state index is -0.907. The van der Waals surface area contributed by atoms with E-state index < -0.39 is 16.6 Å². The molecule has 0 fully saturated rings. The van der Waals surface area contributed by atoms with E-state index in [1.165, 1.54) is 0 Å². The minimum Gasteiger partial charge on any atom is -0.301 e. The van der Waals surface area contributed by atoms with Crippen LogP contribution in [0.1, 0.15) is 31.1 Å². The second-order valence-corrected chi connectivity index (χ2v) is 15.8. The summed E-state index contributed by atoms with van der Waals surface area (Å²) in [5, 5.41) is 0.609. The first-order valence-electron chi connectivity index (χ1n) is 5.81. The average molecular weight is 249 g/mol. The molecule has 1 aromatic rings. The summed E-state index contributed by atoms with van der Waals surface area (Å²) in [4.78, 5) is 12.5. The number of rotatable bonds is 3. The van der Waals surface area contributed by atoms with E-state index in [4.69, 9.17) is 0 Å². The molecule has 0 aliphatic heterocycles. The fourth-order valence-corrected chi connectivity index (χ4v) is 12.9. The molecule has 0 saturated carbocycles. The Morgan fingerprint density at radius 2 is 1.62 bits per heavy atom. The maximum absolute atomic E-state index is 12.5. The maximum Gasteiger partial charge on any atom is 0.135 e. The molecule has 0 bridgehead atoms. The first-order chi connectivity index (χ1) is 7.34. The first kappa shape index (κ1) is 13.4. The third-order valence-electron chi connectivity index (χ3n) is 2.67. The van der Waals surface area contributed by atoms with Gasteiger partial charge in [0, 0.05) is 13.9 Å². The van der Waals surface area contributed by atoms with Crippen LogP contribution >= 0.6 is 0 Å². The van der Waals surface area contributed by atoms with Gasteiger partial charge in [0.15, 0.2) is 0 Å². The lowest BCUT2D eigenvalue weighted by molar-refractivity contribution is 0.107. The van der Waals surface area contributed by atoms with Gasteiger partial charge in [-0.2, -0.15) is 0 Å². The van der Waals surface area contributed by atoms with E-state index >= 15 is 0 Å². The zero-order chi connectivity index (χ0) is 12.3. The molecule has 0 aromatic heterocycles. The van der Waals surface area contributed by atoms with Gasteiger partial charge in [0.1, 0.15) is 13.7 Å². The van der Waals surface area contributed by atoms with Crippen LogP contribution in [0.3, 0.4) is 0 Å². The molecule has 1 radical (unpaired) electrons. The van der Waals surface area contributed by atoms with Crippen LogP contribution in [0.4, 0.5) is 0 Å². The van der Waals surface area contributed by atoms with E-state index in [2.05, 4.69) is 33.9 Å². The average Bonchev–Trinajstić information content (AvgIpc) is 2.16. The molecule has 0 unspecified atom stereocenters. The van der Waals surface area contributed by atoms with Crippen LogP contribution in [0.15, 0.2) is 30.3 Å². The van der Waals surface area contributed by atoms with Crippen molar-refractivity contribution in [2.45, 2.75) is 38.9 Å². The molecule has 0 heterocycles. The zero-order valence-electron chi connectivity index (χ0n) is 10.9. The van der Waals surface area contributed by atoms with Crippen molar-refractivity contribution in [1.29, 1.82) is 0 Å². The van der Waals surface area contributed by atoms with E-state index in [-0.39, 0.29) is 5.04 Å². The number of carbonyl (C=O) groups is 1. The topological polar surface area (TPSA) is 17.1 Å². The zero-order valence-corrected chi connectivity index (χ0v) is 13.0. The molecule has 3 heteroatoms. The summed E-state index contributed by atoms with van der Waals surface area (Å²) >= 11 is 0. The summed E-state index contributed by atoms with van der Waals surface area (Å²) in [5.74, 6) is 0. The molecule has 0 aliphatic carbocycles. The Kier molecular flexibility index (Phi) is 4.27. The van der Waals surface area contributed by atoms with E-state index in [9.17, 15) is 4.79 Å². The van der Waals surface area contributed by atoms with Gasteiger partial charge in [-0.25, -0.2) is 0 Å². The van der Waals surface area contributed by atoms with Crippen molar-refractivity contribution in [3.05, 3.63) is 35.9 Å². The van der Waals surface area contributed by atoms with Crippen LogP contribution in [-0.2, 0) is 0 Å². The van der Waals surface area contributed by atoms with Crippen LogP contribution in [0, 0.1) is 0 Å². The summed E-state index contributed by atoms with van der Waals surface area (Å²) in [6.07, 6.45) is 0. The molecule has 0 aliphatic rings. The Bertz CT molecular complexity index is 352. The fourth-order valence-electron chi connectivity index (χ4n) is 2.21. The normalized spacial score (nSPS) is 12.2. The second-order valence-electron chi connectivity index (χ2n) is 5.51. The van der Waals surface area contributed by atoms with Crippen LogP contribution < -0.4 is 0 Å². The summed E-state index contributed by atoms with van der Waals surface area (Å²) in [6, 6.07) is 9.78. The highest BCUT2D eigenvalue weighted by Crippen LogP contribution is 2.30. The van der Waals surface area contributed by atoms with Crippen molar-refractivity contribution in [3.8, 4) is 0 Å². The lowest BCUT2D eigenvalue weighted by atomic mass is 10.2. The van der Waals surface area contributed by atoms with Gasteiger partial charge in [-0.15, -0.1) is 0 Å². The van der Waals surface area contributed by atoms with Crippen molar-refractivity contribution in [1.82, 2.24) is 0 Å². The third-order valence-corrected chi connectivity index (χ3v) is 13.1. The molecule has 0 amide bonds. The Morgan fingerprint density at radius 1 is 1.12 bits per heavy atom. The van der Waals surface area contributed by atoms with Gasteiger partial charge in [0.25, 0.3) is 0 Å². The summed E-state index contributed by atoms with van der Waals surface area (Å²) < 4.78 is 0. The van der Waals surface area contributed by atoms with E-state index in [1.807, 2.05) is 30.3 Å². The van der Waals surface area contributed by atoms with Crippen LogP contribution in [0.2, 0.25) is 18.1 Å². The van der Waals surface area contributed by atoms with Crippen molar-refractivity contribution in [3.63, 3.8) is 0 Å². The molecule has 87 valence electrons. The molecule has 1 nitrogen and oxygen atoms in total. The van der Waals surface area contributed by atoms with Gasteiger partial charge in [-0.1, -0.05) is 64.2 Å². The number of carbonyl (C=O) groups excluding carboxylic acids is 1. The molecule has 0 spiro atoms. The van der Waals surface area contributed by atoms with Crippen molar-refractivity contribution < 1.29 is 4.79 Å². The highest BCUT2D eigenvalue weighted by atomic mass is 29.2. The number of hydrogen-bond acceptors (Lipinski definition) is 1. The smallest absolute Gasteiger partial charge is 0.135 e. The standard InChI is InChI=1S/C13H21OSi2/c1-13(2,3)16(15(4)5)12(14)11-9-7-6-8-10-11/h6-10,15H,1-5H3. The van der Waals surface area contributed by atoms with Gasteiger partial charge in [-0.3, -0.25) is 0 Å². The summed E-state index contributed by atoms with van der Waals surface area (Å²) in [7, 11) is -1.79. The lowest BCUT2D eigenvalue weighted by Gasteiger charge is -2.30. The maximum atomic E-state index is 12.5. The van der Waals surface area contributed by atoms with Crippen molar-refractivity contribution in [2.24, 2.45) is 0 Å². The quantitative estimate of drug-likeness (QED) is 0.752. The van der Waals surface area contributed by atoms with Crippen molar-refractivity contribution in [2.75, 3.05) is 0 Å². The predicted molar refractivity (Wildman–Crippen MR) is 75.1 cm³/mol. The van der Waals surface area contributed by atoms with Gasteiger partial charge in [-0.05, 0) is 5.04 Å². The van der Waals surface area contributed by atoms with Gasteiger partial charge < -0.3 is 4.79 Å². The Morgan fingerprint density at radius 3 is 2.00 bits per heavy atom.